The molecule has 1 fully saturated rings. The summed E-state index contributed by atoms with van der Waals surface area (Å²) in [4.78, 5) is 16.9. The monoisotopic (exact) mass is 339 g/mol. The maximum atomic E-state index is 12.3. The highest BCUT2D eigenvalue weighted by Gasteiger charge is 2.23. The van der Waals surface area contributed by atoms with Crippen LogP contribution in [0.3, 0.4) is 0 Å². The van der Waals surface area contributed by atoms with Crippen LogP contribution in [0.4, 0.5) is 0 Å². The molecule has 0 amide bonds. The van der Waals surface area contributed by atoms with E-state index in [0.717, 1.165) is 48.2 Å². The van der Waals surface area contributed by atoms with Crippen LogP contribution in [-0.4, -0.2) is 31.2 Å². The van der Waals surface area contributed by atoms with Crippen molar-refractivity contribution >= 4 is 17.0 Å². The number of rotatable bonds is 3. The lowest BCUT2D eigenvalue weighted by molar-refractivity contribution is -0.0368. The summed E-state index contributed by atoms with van der Waals surface area (Å²) in [6, 6.07) is 1.91. The molecule has 1 saturated heterocycles. The van der Waals surface area contributed by atoms with E-state index in [1.165, 1.54) is 4.68 Å². The minimum atomic E-state index is -0.102. The van der Waals surface area contributed by atoms with Crippen molar-refractivity contribution in [2.45, 2.75) is 32.4 Å². The number of H-pyrrole nitrogens is 1. The van der Waals surface area contributed by atoms with Gasteiger partial charge < -0.3 is 9.84 Å². The number of hydrogen-bond acceptors (Lipinski definition) is 4. The molecule has 0 spiro atoms. The quantitative estimate of drug-likeness (QED) is 0.796. The number of fused-ring (bicyclic) bond motifs is 1. The standard InChI is InChI=1S/C18H21N5O2/c1-4-14-12-9-15(13-10-19-22(3)18(13)24)20-11(2)17(12)23(21-14)16-7-5-6-8-25-16/h4,9-10,16,19H,1,5-8H2,2-3H3. The van der Waals surface area contributed by atoms with E-state index in [1.54, 1.807) is 19.3 Å². The summed E-state index contributed by atoms with van der Waals surface area (Å²) in [5.41, 5.74) is 3.63. The first kappa shape index (κ1) is 15.8. The molecule has 0 radical (unpaired) electrons. The Kier molecular flexibility index (Phi) is 3.80. The maximum Gasteiger partial charge on any atom is 0.275 e. The Morgan fingerprint density at radius 2 is 2.28 bits per heavy atom. The fourth-order valence-electron chi connectivity index (χ4n) is 3.43. The van der Waals surface area contributed by atoms with Gasteiger partial charge in [-0.1, -0.05) is 6.58 Å². The van der Waals surface area contributed by atoms with E-state index in [4.69, 9.17) is 9.84 Å². The molecular formula is C18H21N5O2. The fraction of sp³-hybridized carbons (Fsp3) is 0.389. The minimum Gasteiger partial charge on any atom is -0.356 e. The summed E-state index contributed by atoms with van der Waals surface area (Å²) in [5.74, 6) is 0. The van der Waals surface area contributed by atoms with Gasteiger partial charge in [0.15, 0.2) is 6.23 Å². The van der Waals surface area contributed by atoms with Gasteiger partial charge in [0.05, 0.1) is 28.2 Å². The first-order valence-corrected chi connectivity index (χ1v) is 8.49. The number of hydrogen-bond donors (Lipinski definition) is 1. The first-order chi connectivity index (χ1) is 12.1. The van der Waals surface area contributed by atoms with Crippen molar-refractivity contribution in [1.29, 1.82) is 0 Å². The van der Waals surface area contributed by atoms with Gasteiger partial charge in [0, 0.05) is 25.2 Å². The number of pyridine rings is 1. The summed E-state index contributed by atoms with van der Waals surface area (Å²) < 4.78 is 9.26. The van der Waals surface area contributed by atoms with Gasteiger partial charge in [-0.05, 0) is 38.3 Å². The summed E-state index contributed by atoms with van der Waals surface area (Å²) in [6.45, 7) is 6.57. The van der Waals surface area contributed by atoms with Gasteiger partial charge in [0.1, 0.15) is 0 Å². The van der Waals surface area contributed by atoms with Gasteiger partial charge in [0.25, 0.3) is 5.56 Å². The average molecular weight is 339 g/mol. The van der Waals surface area contributed by atoms with E-state index in [2.05, 4.69) is 16.7 Å². The minimum absolute atomic E-state index is 0.0728. The molecule has 7 nitrogen and oxygen atoms in total. The van der Waals surface area contributed by atoms with Crippen molar-refractivity contribution in [2.75, 3.05) is 6.61 Å². The molecule has 3 aromatic rings. The Hall–Kier alpha value is -2.67. The first-order valence-electron chi connectivity index (χ1n) is 8.49. The Morgan fingerprint density at radius 1 is 1.44 bits per heavy atom. The predicted octanol–water partition coefficient (Wildman–Crippen LogP) is 2.78. The van der Waals surface area contributed by atoms with E-state index < -0.39 is 0 Å². The van der Waals surface area contributed by atoms with Crippen molar-refractivity contribution in [3.63, 3.8) is 0 Å². The second kappa shape index (κ2) is 6.00. The number of aromatic nitrogens is 5. The lowest BCUT2D eigenvalue weighted by Crippen LogP contribution is -2.19. The topological polar surface area (TPSA) is 77.7 Å². The lowest BCUT2D eigenvalue weighted by atomic mass is 10.1. The molecular weight excluding hydrogens is 318 g/mol. The molecule has 4 rings (SSSR count). The molecule has 4 heterocycles. The number of nitrogens with one attached hydrogen (secondary N) is 1. The van der Waals surface area contributed by atoms with Crippen LogP contribution < -0.4 is 5.56 Å². The Balaban J connectivity index is 1.93. The molecule has 1 unspecified atom stereocenters. The van der Waals surface area contributed by atoms with Gasteiger partial charge in [-0.15, -0.1) is 0 Å². The highest BCUT2D eigenvalue weighted by Crippen LogP contribution is 2.31. The van der Waals surface area contributed by atoms with Crippen molar-refractivity contribution in [3.05, 3.63) is 40.6 Å². The molecule has 1 aliphatic heterocycles. The molecule has 0 aromatic carbocycles. The molecule has 0 saturated carbocycles. The SMILES string of the molecule is C=Cc1nn(C2CCCCO2)c2c(C)nc(-c3c[nH]n(C)c3=O)cc12. The number of ether oxygens (including phenoxy) is 1. The average Bonchev–Trinajstić information content (AvgIpc) is 3.17. The summed E-state index contributed by atoms with van der Waals surface area (Å²) in [7, 11) is 1.69. The van der Waals surface area contributed by atoms with Crippen LogP contribution in [-0.2, 0) is 11.8 Å². The van der Waals surface area contributed by atoms with Gasteiger partial charge >= 0.3 is 0 Å². The summed E-state index contributed by atoms with van der Waals surface area (Å²) in [5, 5.41) is 8.53. The van der Waals surface area contributed by atoms with Gasteiger partial charge in [-0.2, -0.15) is 5.10 Å². The van der Waals surface area contributed by atoms with Crippen molar-refractivity contribution < 1.29 is 4.74 Å². The highest BCUT2D eigenvalue weighted by molar-refractivity contribution is 5.91. The van der Waals surface area contributed by atoms with Crippen LogP contribution in [0.15, 0.2) is 23.6 Å². The molecule has 3 aromatic heterocycles. The Labute approximate surface area is 144 Å². The molecule has 1 atom stereocenters. The molecule has 25 heavy (non-hydrogen) atoms. The molecule has 1 aliphatic rings. The predicted molar refractivity (Wildman–Crippen MR) is 96.2 cm³/mol. The van der Waals surface area contributed by atoms with Crippen LogP contribution in [0.5, 0.6) is 0 Å². The normalized spacial score (nSPS) is 17.9. The number of nitrogens with zero attached hydrogens (tertiary/aromatic N) is 4. The fourth-order valence-corrected chi connectivity index (χ4v) is 3.43. The molecule has 130 valence electrons. The van der Waals surface area contributed by atoms with Gasteiger partial charge in [0.2, 0.25) is 0 Å². The van der Waals surface area contributed by atoms with Crippen molar-refractivity contribution in [1.82, 2.24) is 24.5 Å². The van der Waals surface area contributed by atoms with Crippen LogP contribution in [0, 0.1) is 6.92 Å². The molecule has 1 N–H and O–H groups in total. The zero-order chi connectivity index (χ0) is 17.6. The number of aryl methyl sites for hydroxylation is 2. The Morgan fingerprint density at radius 3 is 2.92 bits per heavy atom. The van der Waals surface area contributed by atoms with Crippen LogP contribution >= 0.6 is 0 Å². The third-order valence-electron chi connectivity index (χ3n) is 4.72. The summed E-state index contributed by atoms with van der Waals surface area (Å²) in [6.07, 6.45) is 6.49. The van der Waals surface area contributed by atoms with Crippen molar-refractivity contribution in [2.24, 2.45) is 7.05 Å². The van der Waals surface area contributed by atoms with E-state index in [9.17, 15) is 4.79 Å². The second-order valence-corrected chi connectivity index (χ2v) is 6.40. The summed E-state index contributed by atoms with van der Waals surface area (Å²) >= 11 is 0. The highest BCUT2D eigenvalue weighted by atomic mass is 16.5. The van der Waals surface area contributed by atoms with Crippen LogP contribution in [0.1, 0.15) is 36.9 Å². The largest absolute Gasteiger partial charge is 0.356 e. The van der Waals surface area contributed by atoms with E-state index in [1.807, 2.05) is 17.7 Å². The van der Waals surface area contributed by atoms with E-state index in [0.29, 0.717) is 11.3 Å². The van der Waals surface area contributed by atoms with Crippen LogP contribution in [0.25, 0.3) is 28.2 Å². The second-order valence-electron chi connectivity index (χ2n) is 6.40. The lowest BCUT2D eigenvalue weighted by Gasteiger charge is -2.23. The van der Waals surface area contributed by atoms with E-state index in [-0.39, 0.29) is 11.8 Å². The third kappa shape index (κ3) is 2.51. The van der Waals surface area contributed by atoms with Crippen molar-refractivity contribution in [3.8, 4) is 11.3 Å². The maximum absolute atomic E-state index is 12.3. The molecule has 0 aliphatic carbocycles. The Bertz CT molecular complexity index is 1000. The zero-order valence-corrected chi connectivity index (χ0v) is 14.5. The van der Waals surface area contributed by atoms with Gasteiger partial charge in [-0.3, -0.25) is 14.5 Å². The third-order valence-corrected chi connectivity index (χ3v) is 4.72. The zero-order valence-electron chi connectivity index (χ0n) is 14.5. The molecule has 7 heteroatoms. The smallest absolute Gasteiger partial charge is 0.275 e. The van der Waals surface area contributed by atoms with E-state index >= 15 is 0 Å². The molecule has 0 bridgehead atoms. The number of aromatic amines is 1. The van der Waals surface area contributed by atoms with Crippen LogP contribution in [0.2, 0.25) is 0 Å². The van der Waals surface area contributed by atoms with Gasteiger partial charge in [-0.25, -0.2) is 4.68 Å².